The van der Waals surface area contributed by atoms with Crippen molar-refractivity contribution in [2.45, 2.75) is 32.7 Å². The number of anilines is 1. The number of methoxy groups -OCH3 is 1. The molecule has 0 saturated carbocycles. The molecule has 0 aromatic heterocycles. The third kappa shape index (κ3) is 6.22. The summed E-state index contributed by atoms with van der Waals surface area (Å²) in [6, 6.07) is 12.8. The number of rotatable bonds is 8. The van der Waals surface area contributed by atoms with Gasteiger partial charge in [-0.25, -0.2) is 5.43 Å². The molecule has 7 nitrogen and oxygen atoms in total. The first kappa shape index (κ1) is 21.6. The molecule has 1 aliphatic rings. The largest absolute Gasteiger partial charge is 0.508 e. The van der Waals surface area contributed by atoms with Crippen molar-refractivity contribution in [3.8, 4) is 11.5 Å². The predicted molar refractivity (Wildman–Crippen MR) is 119 cm³/mol. The number of hydrogen-bond donors (Lipinski definition) is 3. The summed E-state index contributed by atoms with van der Waals surface area (Å²) in [7, 11) is 1.61. The number of nitrogens with zero attached hydrogens (tertiary/aromatic N) is 2. The van der Waals surface area contributed by atoms with Gasteiger partial charge in [-0.3, -0.25) is 9.69 Å². The number of aromatic hydroxyl groups is 1. The van der Waals surface area contributed by atoms with E-state index in [-0.39, 0.29) is 12.5 Å². The van der Waals surface area contributed by atoms with E-state index in [1.54, 1.807) is 13.2 Å². The Hall–Kier alpha value is -3.06. The Labute approximate surface area is 177 Å². The van der Waals surface area contributed by atoms with E-state index < -0.39 is 0 Å². The molecule has 160 valence electrons. The van der Waals surface area contributed by atoms with E-state index in [1.165, 1.54) is 19.3 Å². The first-order valence-corrected chi connectivity index (χ1v) is 10.3. The van der Waals surface area contributed by atoms with Crippen molar-refractivity contribution in [1.29, 1.82) is 0 Å². The number of piperidine rings is 1. The summed E-state index contributed by atoms with van der Waals surface area (Å²) in [6.45, 7) is 4.81. The molecule has 7 heteroatoms. The number of benzene rings is 2. The van der Waals surface area contributed by atoms with Crippen molar-refractivity contribution in [2.75, 3.05) is 32.1 Å². The fraction of sp³-hybridized carbons (Fsp3) is 0.391. The lowest BCUT2D eigenvalue weighted by molar-refractivity contribution is -0.119. The summed E-state index contributed by atoms with van der Waals surface area (Å²) < 4.78 is 5.12. The molecule has 0 unspecified atom stereocenters. The van der Waals surface area contributed by atoms with Gasteiger partial charge in [0, 0.05) is 17.8 Å². The van der Waals surface area contributed by atoms with Crippen LogP contribution in [0.15, 0.2) is 47.6 Å². The number of phenolic OH excluding ortho intramolecular Hbond substituents is 1. The number of ether oxygens (including phenoxy) is 1. The van der Waals surface area contributed by atoms with Crippen LogP contribution >= 0.6 is 0 Å². The average molecular weight is 411 g/mol. The van der Waals surface area contributed by atoms with Crippen LogP contribution in [0.25, 0.3) is 0 Å². The van der Waals surface area contributed by atoms with Crippen molar-refractivity contribution in [2.24, 2.45) is 5.10 Å². The number of hydrogen-bond acceptors (Lipinski definition) is 6. The summed E-state index contributed by atoms with van der Waals surface area (Å²) in [5, 5.41) is 17.5. The Morgan fingerprint density at radius 2 is 1.87 bits per heavy atom. The van der Waals surface area contributed by atoms with Crippen molar-refractivity contribution in [1.82, 2.24) is 10.3 Å². The monoisotopic (exact) mass is 410 g/mol. The second-order valence-electron chi connectivity index (χ2n) is 7.49. The number of likely N-dealkylation sites (tertiary alicyclic amines) is 1. The van der Waals surface area contributed by atoms with Gasteiger partial charge in [0.1, 0.15) is 11.5 Å². The van der Waals surface area contributed by atoms with Crippen LogP contribution < -0.4 is 15.5 Å². The first-order valence-electron chi connectivity index (χ1n) is 10.3. The molecule has 0 atom stereocenters. The molecular formula is C23H30N4O3. The van der Waals surface area contributed by atoms with E-state index in [0.717, 1.165) is 42.2 Å². The fourth-order valence-corrected chi connectivity index (χ4v) is 3.44. The van der Waals surface area contributed by atoms with Crippen LogP contribution in [-0.4, -0.2) is 48.4 Å². The fourth-order valence-electron chi connectivity index (χ4n) is 3.44. The van der Waals surface area contributed by atoms with E-state index in [4.69, 9.17) is 4.74 Å². The van der Waals surface area contributed by atoms with Gasteiger partial charge in [0.25, 0.3) is 5.91 Å². The van der Waals surface area contributed by atoms with Gasteiger partial charge in [-0.15, -0.1) is 0 Å². The lowest BCUT2D eigenvalue weighted by Crippen LogP contribution is -2.29. The van der Waals surface area contributed by atoms with Gasteiger partial charge in [-0.1, -0.05) is 6.42 Å². The summed E-state index contributed by atoms with van der Waals surface area (Å²) in [4.78, 5) is 14.5. The Morgan fingerprint density at radius 3 is 2.57 bits per heavy atom. The van der Waals surface area contributed by atoms with Crippen LogP contribution in [-0.2, 0) is 11.3 Å². The molecule has 0 aliphatic carbocycles. The number of amides is 1. The third-order valence-corrected chi connectivity index (χ3v) is 5.23. The quantitative estimate of drug-likeness (QED) is 0.459. The van der Waals surface area contributed by atoms with Gasteiger partial charge < -0.3 is 15.2 Å². The molecule has 1 heterocycles. The number of nitrogens with one attached hydrogen (secondary N) is 2. The number of carbonyl (C=O) groups excluding carboxylic acids is 1. The zero-order chi connectivity index (χ0) is 21.3. The second kappa shape index (κ2) is 10.6. The smallest absolute Gasteiger partial charge is 0.259 e. The highest BCUT2D eigenvalue weighted by atomic mass is 16.5. The molecule has 30 heavy (non-hydrogen) atoms. The van der Waals surface area contributed by atoms with E-state index in [1.807, 2.05) is 43.3 Å². The van der Waals surface area contributed by atoms with E-state index in [2.05, 4.69) is 20.7 Å². The van der Waals surface area contributed by atoms with Gasteiger partial charge in [0.15, 0.2) is 0 Å². The molecule has 1 saturated heterocycles. The highest BCUT2D eigenvalue weighted by molar-refractivity contribution is 5.99. The number of phenols is 1. The van der Waals surface area contributed by atoms with Gasteiger partial charge in [0.05, 0.1) is 19.4 Å². The third-order valence-electron chi connectivity index (χ3n) is 5.23. The lowest BCUT2D eigenvalue weighted by atomic mass is 10.0. The lowest BCUT2D eigenvalue weighted by Gasteiger charge is -2.26. The molecule has 1 fully saturated rings. The Kier molecular flexibility index (Phi) is 7.68. The molecule has 1 amide bonds. The molecule has 0 bridgehead atoms. The minimum absolute atomic E-state index is 0.110. The first-order chi connectivity index (χ1) is 14.5. The van der Waals surface area contributed by atoms with E-state index in [0.29, 0.717) is 11.5 Å². The highest BCUT2D eigenvalue weighted by Gasteiger charge is 2.13. The molecule has 2 aromatic rings. The maximum Gasteiger partial charge on any atom is 0.259 e. The average Bonchev–Trinajstić information content (AvgIpc) is 2.78. The SMILES string of the molecule is COc1ccc(NCC(=O)N/N=C(\C)c2ccc(O)c(CN3CCCCC3)c2)cc1. The number of hydrazone groups is 1. The molecule has 0 spiro atoms. The van der Waals surface area contributed by atoms with Gasteiger partial charge >= 0.3 is 0 Å². The Morgan fingerprint density at radius 1 is 1.13 bits per heavy atom. The summed E-state index contributed by atoms with van der Waals surface area (Å²) in [5.41, 5.74) is 5.86. The Balaban J connectivity index is 1.54. The standard InChI is InChI=1S/C23H30N4O3/c1-17(25-26-23(29)15-24-20-7-9-21(30-2)10-8-20)18-6-11-22(28)19(14-18)16-27-12-4-3-5-13-27/h6-11,14,24,28H,3-5,12-13,15-16H2,1-2H3,(H,26,29)/b25-17+. The normalized spacial score (nSPS) is 14.9. The topological polar surface area (TPSA) is 86.2 Å². The molecule has 2 aromatic carbocycles. The van der Waals surface area contributed by atoms with Crippen molar-refractivity contribution < 1.29 is 14.6 Å². The summed E-state index contributed by atoms with van der Waals surface area (Å²) >= 11 is 0. The molecular weight excluding hydrogens is 380 g/mol. The predicted octanol–water partition coefficient (Wildman–Crippen LogP) is 3.34. The van der Waals surface area contributed by atoms with Crippen LogP contribution in [0.3, 0.4) is 0 Å². The molecule has 3 rings (SSSR count). The van der Waals surface area contributed by atoms with E-state index >= 15 is 0 Å². The summed E-state index contributed by atoms with van der Waals surface area (Å²) in [5.74, 6) is 0.820. The zero-order valence-electron chi connectivity index (χ0n) is 17.6. The van der Waals surface area contributed by atoms with Gasteiger partial charge in [-0.2, -0.15) is 5.10 Å². The molecule has 1 aliphatic heterocycles. The van der Waals surface area contributed by atoms with Crippen molar-refractivity contribution in [3.05, 3.63) is 53.6 Å². The minimum Gasteiger partial charge on any atom is -0.508 e. The maximum atomic E-state index is 12.1. The van der Waals surface area contributed by atoms with Gasteiger partial charge in [-0.05, 0) is 80.9 Å². The highest BCUT2D eigenvalue weighted by Crippen LogP contribution is 2.22. The van der Waals surface area contributed by atoms with Crippen LogP contribution in [0.5, 0.6) is 11.5 Å². The zero-order valence-corrected chi connectivity index (χ0v) is 17.6. The van der Waals surface area contributed by atoms with Crippen molar-refractivity contribution >= 4 is 17.3 Å². The minimum atomic E-state index is -0.238. The molecule has 3 N–H and O–H groups in total. The maximum absolute atomic E-state index is 12.1. The van der Waals surface area contributed by atoms with Crippen molar-refractivity contribution in [3.63, 3.8) is 0 Å². The van der Waals surface area contributed by atoms with Crippen LogP contribution in [0.2, 0.25) is 0 Å². The van der Waals surface area contributed by atoms with Crippen LogP contribution in [0.4, 0.5) is 5.69 Å². The molecule has 0 radical (unpaired) electrons. The second-order valence-corrected chi connectivity index (χ2v) is 7.49. The number of carbonyl (C=O) groups is 1. The Bertz CT molecular complexity index is 875. The van der Waals surface area contributed by atoms with Gasteiger partial charge in [0.2, 0.25) is 0 Å². The van der Waals surface area contributed by atoms with Crippen LogP contribution in [0.1, 0.15) is 37.3 Å². The summed E-state index contributed by atoms with van der Waals surface area (Å²) in [6.07, 6.45) is 3.69. The van der Waals surface area contributed by atoms with E-state index in [9.17, 15) is 9.90 Å². The van der Waals surface area contributed by atoms with Crippen LogP contribution in [0, 0.1) is 0 Å².